The number of amides is 3. The minimum atomic E-state index is -0.421. The fraction of sp³-hybridized carbons (Fsp3) is 0.250. The molecule has 1 aliphatic rings. The number of carbonyl (C=O) groups is 2. The Morgan fingerprint density at radius 1 is 1.62 bits per heavy atom. The second kappa shape index (κ2) is 1.47. The van der Waals surface area contributed by atoms with Crippen LogP contribution in [0.1, 0.15) is 0 Å². The van der Waals surface area contributed by atoms with Crippen LogP contribution < -0.4 is 5.32 Å². The fourth-order valence-electron chi connectivity index (χ4n) is 0.483. The van der Waals surface area contributed by atoms with Gasteiger partial charge in [-0.3, -0.25) is 10.1 Å². The summed E-state index contributed by atoms with van der Waals surface area (Å²) in [6, 6.07) is -0.421. The van der Waals surface area contributed by atoms with Crippen LogP contribution in [0, 0.1) is 7.05 Å². The molecule has 0 aromatic heterocycles. The quantitative estimate of drug-likeness (QED) is 0.423. The average molecular weight is 113 g/mol. The van der Waals surface area contributed by atoms with Crippen LogP contribution in [0.15, 0.2) is 0 Å². The predicted octanol–water partition coefficient (Wildman–Crippen LogP) is -0.670. The Kier molecular flexibility index (Phi) is 0.932. The van der Waals surface area contributed by atoms with Crippen molar-refractivity contribution in [3.63, 3.8) is 0 Å². The zero-order valence-corrected chi connectivity index (χ0v) is 4.18. The Labute approximate surface area is 46.5 Å². The molecule has 4 nitrogen and oxygen atoms in total. The van der Waals surface area contributed by atoms with Crippen LogP contribution in [0.5, 0.6) is 0 Å². The molecule has 8 heavy (non-hydrogen) atoms. The van der Waals surface area contributed by atoms with Gasteiger partial charge in [-0.05, 0) is 0 Å². The lowest BCUT2D eigenvalue weighted by molar-refractivity contribution is -0.118. The minimum absolute atomic E-state index is 0.0822. The molecule has 1 heterocycles. The number of rotatable bonds is 0. The van der Waals surface area contributed by atoms with Gasteiger partial charge in [0, 0.05) is 7.05 Å². The lowest BCUT2D eigenvalue weighted by Gasteiger charge is -1.99. The Morgan fingerprint density at radius 2 is 2.25 bits per heavy atom. The fourth-order valence-corrected chi connectivity index (χ4v) is 0.483. The van der Waals surface area contributed by atoms with E-state index >= 15 is 0 Å². The van der Waals surface area contributed by atoms with Crippen LogP contribution in [0.2, 0.25) is 0 Å². The first-order valence-electron chi connectivity index (χ1n) is 2.12. The summed E-state index contributed by atoms with van der Waals surface area (Å²) in [6.45, 7) is 0.0822. The summed E-state index contributed by atoms with van der Waals surface area (Å²) in [6.07, 6.45) is 0. The molecule has 0 unspecified atom stereocenters. The standard InChI is InChI=1S/C4H5N2O2/c1-6-2-3(7)5-4(6)8/h1-2H2,(H,5,7,8). The topological polar surface area (TPSA) is 49.4 Å². The molecule has 0 spiro atoms. The van der Waals surface area contributed by atoms with Crippen LogP contribution in [-0.4, -0.2) is 23.4 Å². The van der Waals surface area contributed by atoms with Gasteiger partial charge in [-0.15, -0.1) is 0 Å². The summed E-state index contributed by atoms with van der Waals surface area (Å²) in [4.78, 5) is 21.6. The van der Waals surface area contributed by atoms with Crippen molar-refractivity contribution in [1.29, 1.82) is 0 Å². The highest BCUT2D eigenvalue weighted by molar-refractivity contribution is 6.01. The first kappa shape index (κ1) is 5.08. The van der Waals surface area contributed by atoms with E-state index in [2.05, 4.69) is 12.4 Å². The van der Waals surface area contributed by atoms with Crippen molar-refractivity contribution in [3.05, 3.63) is 7.05 Å². The monoisotopic (exact) mass is 113 g/mol. The number of carbonyl (C=O) groups excluding carboxylic acids is 2. The van der Waals surface area contributed by atoms with Gasteiger partial charge in [0.25, 0.3) is 0 Å². The Morgan fingerprint density at radius 3 is 2.38 bits per heavy atom. The molecule has 43 valence electrons. The van der Waals surface area contributed by atoms with E-state index in [0.29, 0.717) is 0 Å². The number of imide groups is 1. The molecule has 1 aliphatic heterocycles. The molecule has 1 rings (SSSR count). The van der Waals surface area contributed by atoms with E-state index < -0.39 is 6.03 Å². The lowest BCUT2D eigenvalue weighted by atomic mass is 10.6. The van der Waals surface area contributed by atoms with Gasteiger partial charge in [0.05, 0.1) is 0 Å². The van der Waals surface area contributed by atoms with Crippen molar-refractivity contribution < 1.29 is 9.59 Å². The van der Waals surface area contributed by atoms with E-state index in [1.54, 1.807) is 0 Å². The lowest BCUT2D eigenvalue weighted by Crippen LogP contribution is -2.22. The van der Waals surface area contributed by atoms with Crippen LogP contribution in [0.3, 0.4) is 0 Å². The Balaban J connectivity index is 2.64. The van der Waals surface area contributed by atoms with Gasteiger partial charge in [0.15, 0.2) is 0 Å². The smallest absolute Gasteiger partial charge is 0.313 e. The minimum Gasteiger partial charge on any atom is -0.313 e. The van der Waals surface area contributed by atoms with E-state index in [9.17, 15) is 9.59 Å². The first-order valence-corrected chi connectivity index (χ1v) is 2.12. The molecule has 0 saturated carbocycles. The highest BCUT2D eigenvalue weighted by atomic mass is 16.2. The average Bonchev–Trinajstić information content (AvgIpc) is 1.85. The number of hydrogen-bond donors (Lipinski definition) is 1. The molecule has 0 aliphatic carbocycles. The highest BCUT2D eigenvalue weighted by Crippen LogP contribution is 1.92. The third kappa shape index (κ3) is 0.641. The van der Waals surface area contributed by atoms with Gasteiger partial charge < -0.3 is 4.90 Å². The molecule has 0 aromatic rings. The van der Waals surface area contributed by atoms with Crippen molar-refractivity contribution in [2.24, 2.45) is 0 Å². The zero-order valence-electron chi connectivity index (χ0n) is 4.18. The number of hydrogen-bond acceptors (Lipinski definition) is 2. The third-order valence-electron chi connectivity index (χ3n) is 0.868. The number of nitrogens with one attached hydrogen (secondary N) is 1. The van der Waals surface area contributed by atoms with Gasteiger partial charge in [-0.2, -0.15) is 0 Å². The van der Waals surface area contributed by atoms with Gasteiger partial charge >= 0.3 is 6.03 Å². The molecule has 0 atom stereocenters. The maximum Gasteiger partial charge on any atom is 0.324 e. The van der Waals surface area contributed by atoms with Crippen molar-refractivity contribution in [2.45, 2.75) is 0 Å². The van der Waals surface area contributed by atoms with E-state index in [0.717, 1.165) is 4.90 Å². The Bertz CT molecular complexity index is 143. The summed E-state index contributed by atoms with van der Waals surface area (Å²) in [5.41, 5.74) is 0. The predicted molar refractivity (Wildman–Crippen MR) is 25.6 cm³/mol. The highest BCUT2D eigenvalue weighted by Gasteiger charge is 2.22. The molecule has 0 aromatic carbocycles. The van der Waals surface area contributed by atoms with E-state index in [-0.39, 0.29) is 12.5 Å². The molecule has 1 saturated heterocycles. The number of urea groups is 1. The van der Waals surface area contributed by atoms with E-state index in [1.807, 2.05) is 0 Å². The SMILES string of the molecule is [CH2]N1CC(=O)NC1=O. The van der Waals surface area contributed by atoms with Gasteiger partial charge in [-0.25, -0.2) is 4.79 Å². The van der Waals surface area contributed by atoms with Crippen LogP contribution >= 0.6 is 0 Å². The van der Waals surface area contributed by atoms with Crippen molar-refractivity contribution in [3.8, 4) is 0 Å². The largest absolute Gasteiger partial charge is 0.324 e. The normalized spacial score (nSPS) is 19.4. The summed E-state index contributed by atoms with van der Waals surface area (Å²) in [5.74, 6) is -0.287. The van der Waals surface area contributed by atoms with E-state index in [1.165, 1.54) is 0 Å². The summed E-state index contributed by atoms with van der Waals surface area (Å²) in [5, 5.41) is 2.05. The number of nitrogens with zero attached hydrogens (tertiary/aromatic N) is 1. The maximum absolute atomic E-state index is 10.3. The van der Waals surface area contributed by atoms with Crippen LogP contribution in [-0.2, 0) is 4.79 Å². The second-order valence-electron chi connectivity index (χ2n) is 1.55. The third-order valence-corrected chi connectivity index (χ3v) is 0.868. The van der Waals surface area contributed by atoms with Gasteiger partial charge in [-0.1, -0.05) is 0 Å². The van der Waals surface area contributed by atoms with Gasteiger partial charge in [0.1, 0.15) is 6.54 Å². The molecule has 3 amide bonds. The van der Waals surface area contributed by atoms with E-state index in [4.69, 9.17) is 0 Å². The molecule has 1 N–H and O–H groups in total. The molecule has 1 radical (unpaired) electrons. The van der Waals surface area contributed by atoms with Gasteiger partial charge in [0.2, 0.25) is 5.91 Å². The van der Waals surface area contributed by atoms with Crippen LogP contribution in [0.4, 0.5) is 4.79 Å². The summed E-state index contributed by atoms with van der Waals surface area (Å²) < 4.78 is 0. The molecular formula is C4H5N2O2. The molecule has 1 fully saturated rings. The molecule has 4 heteroatoms. The zero-order chi connectivity index (χ0) is 6.15. The van der Waals surface area contributed by atoms with Crippen molar-refractivity contribution in [1.82, 2.24) is 10.2 Å². The summed E-state index contributed by atoms with van der Waals surface area (Å²) in [7, 11) is 3.27. The molecule has 0 bridgehead atoms. The summed E-state index contributed by atoms with van der Waals surface area (Å²) >= 11 is 0. The van der Waals surface area contributed by atoms with Crippen LogP contribution in [0.25, 0.3) is 0 Å². The second-order valence-corrected chi connectivity index (χ2v) is 1.55. The molecular weight excluding hydrogens is 108 g/mol. The van der Waals surface area contributed by atoms with Crippen molar-refractivity contribution in [2.75, 3.05) is 6.54 Å². The van der Waals surface area contributed by atoms with Crippen molar-refractivity contribution >= 4 is 11.9 Å². The first-order chi connectivity index (χ1) is 3.70. The maximum atomic E-state index is 10.3. The Hall–Kier alpha value is -1.06.